The van der Waals surface area contributed by atoms with Crippen LogP contribution in [0.25, 0.3) is 0 Å². The van der Waals surface area contributed by atoms with Gasteiger partial charge in [0.1, 0.15) is 11.9 Å². The molecule has 0 fully saturated rings. The van der Waals surface area contributed by atoms with Crippen LogP contribution in [0.1, 0.15) is 36.2 Å². The monoisotopic (exact) mass is 345 g/mol. The maximum absolute atomic E-state index is 14.3. The van der Waals surface area contributed by atoms with Crippen molar-refractivity contribution in [1.29, 1.82) is 0 Å². The van der Waals surface area contributed by atoms with Crippen molar-refractivity contribution in [3.8, 4) is 0 Å². The molecule has 1 aliphatic rings. The molecule has 0 saturated heterocycles. The van der Waals surface area contributed by atoms with Crippen molar-refractivity contribution in [3.05, 3.63) is 41.7 Å². The highest BCUT2D eigenvalue weighted by Crippen LogP contribution is 2.29. The quantitative estimate of drug-likeness (QED) is 0.922. The van der Waals surface area contributed by atoms with Crippen LogP contribution >= 0.6 is 0 Å². The molecule has 2 aromatic heterocycles. The van der Waals surface area contributed by atoms with Gasteiger partial charge in [0.25, 0.3) is 5.91 Å². The van der Waals surface area contributed by atoms with Gasteiger partial charge in [-0.3, -0.25) is 19.3 Å². The fourth-order valence-corrected chi connectivity index (χ4v) is 3.03. The Labute approximate surface area is 144 Å². The second-order valence-corrected chi connectivity index (χ2v) is 6.30. The normalized spacial score (nSPS) is 18.3. The zero-order valence-corrected chi connectivity index (χ0v) is 14.4. The topological polar surface area (TPSA) is 80.1 Å². The summed E-state index contributed by atoms with van der Waals surface area (Å²) in [5.41, 5.74) is 0.924. The molecular weight excluding hydrogens is 325 g/mol. The summed E-state index contributed by atoms with van der Waals surface area (Å²) in [5, 5.41) is 6.73. The molecule has 1 N–H and O–H groups in total. The first kappa shape index (κ1) is 17.1. The van der Waals surface area contributed by atoms with Crippen molar-refractivity contribution in [2.24, 2.45) is 13.0 Å². The summed E-state index contributed by atoms with van der Waals surface area (Å²) >= 11 is 0. The Kier molecular flexibility index (Phi) is 4.52. The first-order valence-electron chi connectivity index (χ1n) is 8.15. The summed E-state index contributed by atoms with van der Waals surface area (Å²) in [5.74, 6) is -1.33. The highest BCUT2D eigenvalue weighted by atomic mass is 19.1. The second-order valence-electron chi connectivity index (χ2n) is 6.30. The summed E-state index contributed by atoms with van der Waals surface area (Å²) in [6.07, 6.45) is 6.22. The fourth-order valence-electron chi connectivity index (χ4n) is 3.03. The highest BCUT2D eigenvalue weighted by molar-refractivity contribution is 6.02. The van der Waals surface area contributed by atoms with Crippen LogP contribution in [0.5, 0.6) is 0 Å². The largest absolute Gasteiger partial charge is 0.323 e. The Morgan fingerprint density at radius 1 is 1.44 bits per heavy atom. The smallest absolute Gasteiger partial charge is 0.258 e. The molecular formula is C17H20FN5O2. The van der Waals surface area contributed by atoms with Crippen LogP contribution in [0, 0.1) is 11.7 Å². The summed E-state index contributed by atoms with van der Waals surface area (Å²) in [6.45, 7) is 3.84. The Balaban J connectivity index is 2.07. The van der Waals surface area contributed by atoms with Crippen LogP contribution in [-0.4, -0.2) is 37.5 Å². The molecule has 0 aliphatic carbocycles. The molecule has 8 heteroatoms. The molecule has 7 nitrogen and oxygen atoms in total. The predicted molar refractivity (Wildman–Crippen MR) is 89.1 cm³/mol. The number of fused-ring (bicyclic) bond motifs is 1. The zero-order valence-electron chi connectivity index (χ0n) is 14.4. The van der Waals surface area contributed by atoms with E-state index in [-0.39, 0.29) is 29.8 Å². The van der Waals surface area contributed by atoms with Gasteiger partial charge in [-0.05, 0) is 5.92 Å². The number of aromatic nitrogens is 3. The van der Waals surface area contributed by atoms with Crippen LogP contribution < -0.4 is 5.32 Å². The van der Waals surface area contributed by atoms with Crippen LogP contribution in [0.15, 0.2) is 24.8 Å². The molecule has 25 heavy (non-hydrogen) atoms. The third-order valence-corrected chi connectivity index (χ3v) is 4.59. The van der Waals surface area contributed by atoms with E-state index in [4.69, 9.17) is 0 Å². The third kappa shape index (κ3) is 3.11. The number of hydrogen-bond donors (Lipinski definition) is 1. The van der Waals surface area contributed by atoms with E-state index >= 15 is 0 Å². The number of anilines is 1. The van der Waals surface area contributed by atoms with Gasteiger partial charge in [0.2, 0.25) is 5.91 Å². The SMILES string of the molecule is CCC(C)C1C(=O)Nc2cncc(F)c2CN1C(=O)c1cnn(C)c1. The number of carbonyl (C=O) groups is 2. The lowest BCUT2D eigenvalue weighted by atomic mass is 9.96. The number of pyridine rings is 1. The second kappa shape index (κ2) is 6.62. The van der Waals surface area contributed by atoms with E-state index < -0.39 is 11.9 Å². The van der Waals surface area contributed by atoms with Gasteiger partial charge in [0.05, 0.1) is 36.4 Å². The minimum absolute atomic E-state index is 0.00877. The van der Waals surface area contributed by atoms with Crippen molar-refractivity contribution < 1.29 is 14.0 Å². The summed E-state index contributed by atoms with van der Waals surface area (Å²) < 4.78 is 15.8. The lowest BCUT2D eigenvalue weighted by Gasteiger charge is -2.32. The maximum Gasteiger partial charge on any atom is 0.258 e. The van der Waals surface area contributed by atoms with E-state index in [9.17, 15) is 14.0 Å². The number of hydrogen-bond acceptors (Lipinski definition) is 4. The molecule has 0 aromatic carbocycles. The Bertz CT molecular complexity index is 819. The molecule has 132 valence electrons. The van der Waals surface area contributed by atoms with Crippen LogP contribution in [0.4, 0.5) is 10.1 Å². The van der Waals surface area contributed by atoms with Gasteiger partial charge in [-0.15, -0.1) is 0 Å². The Morgan fingerprint density at radius 2 is 2.20 bits per heavy atom. The van der Waals surface area contributed by atoms with Crippen molar-refractivity contribution in [2.75, 3.05) is 5.32 Å². The minimum atomic E-state index is -0.704. The third-order valence-electron chi connectivity index (χ3n) is 4.59. The maximum atomic E-state index is 14.3. The number of nitrogens with zero attached hydrogens (tertiary/aromatic N) is 4. The molecule has 0 spiro atoms. The molecule has 2 unspecified atom stereocenters. The van der Waals surface area contributed by atoms with Crippen molar-refractivity contribution >= 4 is 17.5 Å². The zero-order chi connectivity index (χ0) is 18.1. The average molecular weight is 345 g/mol. The average Bonchev–Trinajstić information content (AvgIpc) is 2.95. The Hall–Kier alpha value is -2.77. The summed E-state index contributed by atoms with van der Waals surface area (Å²) in [7, 11) is 1.71. The van der Waals surface area contributed by atoms with Crippen molar-refractivity contribution in [1.82, 2.24) is 19.7 Å². The first-order chi connectivity index (χ1) is 11.9. The van der Waals surface area contributed by atoms with Gasteiger partial charge >= 0.3 is 0 Å². The van der Waals surface area contributed by atoms with Crippen LogP contribution in [0.2, 0.25) is 0 Å². The highest BCUT2D eigenvalue weighted by Gasteiger charge is 2.38. The van der Waals surface area contributed by atoms with Crippen LogP contribution in [-0.2, 0) is 18.4 Å². The van der Waals surface area contributed by atoms with Crippen molar-refractivity contribution in [3.63, 3.8) is 0 Å². The number of rotatable bonds is 3. The number of aryl methyl sites for hydroxylation is 1. The van der Waals surface area contributed by atoms with Crippen LogP contribution in [0.3, 0.4) is 0 Å². The molecule has 3 rings (SSSR count). The molecule has 3 heterocycles. The molecule has 0 bridgehead atoms. The van der Waals surface area contributed by atoms with Gasteiger partial charge in [0.15, 0.2) is 0 Å². The van der Waals surface area contributed by atoms with E-state index in [1.807, 2.05) is 13.8 Å². The minimum Gasteiger partial charge on any atom is -0.323 e. The van der Waals surface area contributed by atoms with Gasteiger partial charge < -0.3 is 10.2 Å². The van der Waals surface area contributed by atoms with E-state index in [2.05, 4.69) is 15.4 Å². The van der Waals surface area contributed by atoms with Gasteiger partial charge in [0, 0.05) is 18.8 Å². The van der Waals surface area contributed by atoms with Gasteiger partial charge in [-0.2, -0.15) is 5.10 Å². The van der Waals surface area contributed by atoms with E-state index in [1.165, 1.54) is 22.0 Å². The predicted octanol–water partition coefficient (Wildman–Crippen LogP) is 1.96. The summed E-state index contributed by atoms with van der Waals surface area (Å²) in [6, 6.07) is -0.704. The van der Waals surface area contributed by atoms with Gasteiger partial charge in [-0.25, -0.2) is 4.39 Å². The van der Waals surface area contributed by atoms with E-state index in [0.717, 1.165) is 6.20 Å². The number of carbonyl (C=O) groups excluding carboxylic acids is 2. The molecule has 2 amide bonds. The van der Waals surface area contributed by atoms with Crippen molar-refractivity contribution in [2.45, 2.75) is 32.9 Å². The van der Waals surface area contributed by atoms with Gasteiger partial charge in [-0.1, -0.05) is 20.3 Å². The fraction of sp³-hybridized carbons (Fsp3) is 0.412. The summed E-state index contributed by atoms with van der Waals surface area (Å²) in [4.78, 5) is 31.0. The molecule has 0 radical (unpaired) electrons. The molecule has 1 aliphatic heterocycles. The molecule has 0 saturated carbocycles. The number of amides is 2. The molecule has 2 aromatic rings. The molecule has 2 atom stereocenters. The van der Waals surface area contributed by atoms with E-state index in [0.29, 0.717) is 17.7 Å². The number of halogens is 1. The number of nitrogens with one attached hydrogen (secondary N) is 1. The first-order valence-corrected chi connectivity index (χ1v) is 8.15. The standard InChI is InChI=1S/C17H20FN5O2/c1-4-10(2)15-16(24)21-14-7-19-6-13(18)12(14)9-23(15)17(25)11-5-20-22(3)8-11/h5-8,10,15H,4,9H2,1-3H3,(H,21,24). The lowest BCUT2D eigenvalue weighted by Crippen LogP contribution is -2.48. The lowest BCUT2D eigenvalue weighted by molar-refractivity contribution is -0.122. The Morgan fingerprint density at radius 3 is 2.84 bits per heavy atom. The van der Waals surface area contributed by atoms with E-state index in [1.54, 1.807) is 13.2 Å².